The molecule has 0 unspecified atom stereocenters. The molecule has 1 aliphatic rings. The molecule has 9 nitrogen and oxygen atoms in total. The van der Waals surface area contributed by atoms with Gasteiger partial charge in [0.05, 0.1) is 7.11 Å². The van der Waals surface area contributed by atoms with Crippen molar-refractivity contribution in [2.45, 2.75) is 76.6 Å². The van der Waals surface area contributed by atoms with Gasteiger partial charge in [-0.05, 0) is 32.3 Å². The molecule has 2 atom stereocenters. The Bertz CT molecular complexity index is 790. The summed E-state index contributed by atoms with van der Waals surface area (Å²) in [4.78, 5) is 49.7. The fourth-order valence-electron chi connectivity index (χ4n) is 3.67. The van der Waals surface area contributed by atoms with Crippen LogP contribution in [0.25, 0.3) is 0 Å². The molecule has 1 aromatic rings. The lowest BCUT2D eigenvalue weighted by molar-refractivity contribution is -0.144. The molecule has 0 spiro atoms. The second kappa shape index (κ2) is 12.1. The Morgan fingerprint density at radius 1 is 0.938 bits per heavy atom. The van der Waals surface area contributed by atoms with Gasteiger partial charge in [-0.15, -0.1) is 0 Å². The van der Waals surface area contributed by atoms with Crippen molar-refractivity contribution in [3.05, 3.63) is 35.9 Å². The van der Waals surface area contributed by atoms with E-state index in [-0.39, 0.29) is 6.61 Å². The van der Waals surface area contributed by atoms with E-state index in [1.165, 1.54) is 21.0 Å². The SMILES string of the molecule is COC(=O)[C@H](C)NC(=O)[C@H](C)NC(=O)C1(NC(=O)OCc2ccccc2)CCCCCC1. The van der Waals surface area contributed by atoms with Crippen LogP contribution in [-0.4, -0.2) is 48.6 Å². The predicted octanol–water partition coefficient (Wildman–Crippen LogP) is 2.19. The van der Waals surface area contributed by atoms with Gasteiger partial charge in [-0.25, -0.2) is 9.59 Å². The van der Waals surface area contributed by atoms with Crippen molar-refractivity contribution in [1.82, 2.24) is 16.0 Å². The number of amides is 3. The Morgan fingerprint density at radius 3 is 2.16 bits per heavy atom. The van der Waals surface area contributed by atoms with Crippen LogP contribution in [-0.2, 0) is 30.5 Å². The van der Waals surface area contributed by atoms with Crippen molar-refractivity contribution in [2.75, 3.05) is 7.11 Å². The van der Waals surface area contributed by atoms with Gasteiger partial charge in [-0.1, -0.05) is 56.0 Å². The molecule has 1 saturated carbocycles. The molecule has 0 bridgehead atoms. The van der Waals surface area contributed by atoms with Crippen molar-refractivity contribution >= 4 is 23.9 Å². The number of carbonyl (C=O) groups excluding carboxylic acids is 4. The minimum atomic E-state index is -1.16. The van der Waals surface area contributed by atoms with Crippen molar-refractivity contribution in [3.63, 3.8) is 0 Å². The van der Waals surface area contributed by atoms with Crippen molar-refractivity contribution < 1.29 is 28.7 Å². The lowest BCUT2D eigenvalue weighted by atomic mass is 9.89. The second-order valence-electron chi connectivity index (χ2n) is 8.13. The summed E-state index contributed by atoms with van der Waals surface area (Å²) < 4.78 is 9.92. The highest BCUT2D eigenvalue weighted by atomic mass is 16.5. The summed E-state index contributed by atoms with van der Waals surface area (Å²) in [6, 6.07) is 7.52. The minimum absolute atomic E-state index is 0.0919. The molecule has 1 aliphatic carbocycles. The number of ether oxygens (including phenoxy) is 2. The summed E-state index contributed by atoms with van der Waals surface area (Å²) in [7, 11) is 1.23. The van der Waals surface area contributed by atoms with Gasteiger partial charge in [0.15, 0.2) is 0 Å². The van der Waals surface area contributed by atoms with E-state index in [0.29, 0.717) is 12.8 Å². The molecule has 0 heterocycles. The van der Waals surface area contributed by atoms with Crippen molar-refractivity contribution in [3.8, 4) is 0 Å². The molecule has 32 heavy (non-hydrogen) atoms. The molecule has 0 radical (unpaired) electrons. The van der Waals surface area contributed by atoms with Crippen LogP contribution in [0.3, 0.4) is 0 Å². The number of methoxy groups -OCH3 is 1. The summed E-state index contributed by atoms with van der Waals surface area (Å²) in [6.07, 6.45) is 3.68. The molecule has 176 valence electrons. The van der Waals surface area contributed by atoms with Crippen LogP contribution < -0.4 is 16.0 Å². The van der Waals surface area contributed by atoms with Gasteiger partial charge in [-0.3, -0.25) is 9.59 Å². The van der Waals surface area contributed by atoms with Crippen molar-refractivity contribution in [1.29, 1.82) is 0 Å². The average Bonchev–Trinajstić information content (AvgIpc) is 3.04. The predicted molar refractivity (Wildman–Crippen MR) is 117 cm³/mol. The van der Waals surface area contributed by atoms with Gasteiger partial charge in [0.1, 0.15) is 24.2 Å². The Balaban J connectivity index is 2.02. The Hall–Kier alpha value is -3.10. The van der Waals surface area contributed by atoms with Crippen LogP contribution in [0.2, 0.25) is 0 Å². The van der Waals surface area contributed by atoms with E-state index < -0.39 is 41.5 Å². The van der Waals surface area contributed by atoms with E-state index in [9.17, 15) is 19.2 Å². The van der Waals surface area contributed by atoms with E-state index in [1.807, 2.05) is 30.3 Å². The molecular formula is C23H33N3O6. The third-order valence-electron chi connectivity index (χ3n) is 5.60. The lowest BCUT2D eigenvalue weighted by Crippen LogP contribution is -2.61. The molecule has 1 fully saturated rings. The van der Waals surface area contributed by atoms with Gasteiger partial charge < -0.3 is 25.4 Å². The maximum absolute atomic E-state index is 13.2. The Kier molecular flexibility index (Phi) is 9.49. The fourth-order valence-corrected chi connectivity index (χ4v) is 3.67. The molecule has 0 aliphatic heterocycles. The molecular weight excluding hydrogens is 414 g/mol. The Labute approximate surface area is 188 Å². The number of nitrogens with one attached hydrogen (secondary N) is 3. The molecule has 3 N–H and O–H groups in total. The van der Waals surface area contributed by atoms with Gasteiger partial charge in [0, 0.05) is 0 Å². The van der Waals surface area contributed by atoms with E-state index in [2.05, 4.69) is 20.7 Å². The third kappa shape index (κ3) is 7.25. The van der Waals surface area contributed by atoms with Crippen molar-refractivity contribution in [2.24, 2.45) is 0 Å². The average molecular weight is 448 g/mol. The first-order valence-corrected chi connectivity index (χ1v) is 11.0. The zero-order valence-corrected chi connectivity index (χ0v) is 18.9. The number of rotatable bonds is 8. The standard InChI is InChI=1S/C23H33N3O6/c1-16(19(27)24-17(2)20(28)31-3)25-21(29)23(13-9-4-5-10-14-23)26-22(30)32-15-18-11-7-6-8-12-18/h6-8,11-12,16-17H,4-5,9-10,13-15H2,1-3H3,(H,24,27)(H,25,29)(H,26,30)/t16-,17-/m0/s1. The molecule has 0 aromatic heterocycles. The van der Waals surface area contributed by atoms with Gasteiger partial charge in [0.2, 0.25) is 11.8 Å². The Morgan fingerprint density at radius 2 is 1.56 bits per heavy atom. The molecule has 3 amide bonds. The quantitative estimate of drug-likeness (QED) is 0.415. The number of carbonyl (C=O) groups is 4. The largest absolute Gasteiger partial charge is 0.467 e. The van der Waals surface area contributed by atoms with Crippen LogP contribution in [0, 0.1) is 0 Å². The first kappa shape index (κ1) is 25.2. The smallest absolute Gasteiger partial charge is 0.408 e. The second-order valence-corrected chi connectivity index (χ2v) is 8.13. The highest BCUT2D eigenvalue weighted by Crippen LogP contribution is 2.28. The van der Waals surface area contributed by atoms with Gasteiger partial charge in [-0.2, -0.15) is 0 Å². The summed E-state index contributed by atoms with van der Waals surface area (Å²) >= 11 is 0. The number of hydrogen-bond donors (Lipinski definition) is 3. The monoisotopic (exact) mass is 447 g/mol. The first-order chi connectivity index (χ1) is 15.3. The molecule has 1 aromatic carbocycles. The zero-order valence-electron chi connectivity index (χ0n) is 18.9. The summed E-state index contributed by atoms with van der Waals surface area (Å²) in [5, 5.41) is 7.96. The van der Waals surface area contributed by atoms with Gasteiger partial charge in [0.25, 0.3) is 0 Å². The number of alkyl carbamates (subject to hydrolysis) is 1. The fraction of sp³-hybridized carbons (Fsp3) is 0.565. The van der Waals surface area contributed by atoms with E-state index in [1.54, 1.807) is 0 Å². The molecule has 0 saturated heterocycles. The van der Waals surface area contributed by atoms with Gasteiger partial charge >= 0.3 is 12.1 Å². The zero-order chi connectivity index (χ0) is 23.6. The normalized spacial score (nSPS) is 17.1. The number of benzene rings is 1. The van der Waals surface area contributed by atoms with Crippen LogP contribution in [0.15, 0.2) is 30.3 Å². The topological polar surface area (TPSA) is 123 Å². The molecule has 2 rings (SSSR count). The lowest BCUT2D eigenvalue weighted by Gasteiger charge is -2.33. The van der Waals surface area contributed by atoms with Crippen LogP contribution in [0.1, 0.15) is 57.9 Å². The van der Waals surface area contributed by atoms with E-state index >= 15 is 0 Å². The van der Waals surface area contributed by atoms with E-state index in [0.717, 1.165) is 31.2 Å². The number of hydrogen-bond acceptors (Lipinski definition) is 6. The highest BCUT2D eigenvalue weighted by Gasteiger charge is 2.41. The highest BCUT2D eigenvalue weighted by molar-refractivity contribution is 5.95. The first-order valence-electron chi connectivity index (χ1n) is 11.0. The minimum Gasteiger partial charge on any atom is -0.467 e. The van der Waals surface area contributed by atoms with Crippen LogP contribution in [0.4, 0.5) is 4.79 Å². The third-order valence-corrected chi connectivity index (χ3v) is 5.60. The summed E-state index contributed by atoms with van der Waals surface area (Å²) in [5.41, 5.74) is -0.320. The van der Waals surface area contributed by atoms with Crippen LogP contribution in [0.5, 0.6) is 0 Å². The maximum atomic E-state index is 13.2. The number of esters is 1. The summed E-state index contributed by atoms with van der Waals surface area (Å²) in [5.74, 6) is -1.55. The summed E-state index contributed by atoms with van der Waals surface area (Å²) in [6.45, 7) is 3.11. The van der Waals surface area contributed by atoms with Crippen LogP contribution >= 0.6 is 0 Å². The molecule has 9 heteroatoms. The maximum Gasteiger partial charge on any atom is 0.408 e. The van der Waals surface area contributed by atoms with E-state index in [4.69, 9.17) is 4.74 Å².